The van der Waals surface area contributed by atoms with Gasteiger partial charge in [-0.3, -0.25) is 19.2 Å². The van der Waals surface area contributed by atoms with Gasteiger partial charge in [-0.2, -0.15) is 0 Å². The highest BCUT2D eigenvalue weighted by molar-refractivity contribution is 5.94. The number of amides is 4. The fourth-order valence-corrected chi connectivity index (χ4v) is 3.14. The molecule has 4 amide bonds. The van der Waals surface area contributed by atoms with Crippen LogP contribution in [-0.4, -0.2) is 75.7 Å². The molecule has 0 aromatic heterocycles. The number of phenolic OH excluding ortho intramolecular Hbond substituents is 1. The molecule has 13 heteroatoms. The van der Waals surface area contributed by atoms with Crippen molar-refractivity contribution >= 4 is 29.6 Å². The van der Waals surface area contributed by atoms with E-state index in [-0.39, 0.29) is 30.9 Å². The third-order valence-electron chi connectivity index (χ3n) is 5.68. The van der Waals surface area contributed by atoms with Crippen molar-refractivity contribution in [3.8, 4) is 5.75 Å². The first kappa shape index (κ1) is 30.3. The number of carboxylic acids is 1. The molecule has 1 aromatic carbocycles. The zero-order chi connectivity index (χ0) is 27.4. The molecule has 13 nitrogen and oxygen atoms in total. The highest BCUT2D eigenvalue weighted by atomic mass is 16.4. The number of nitrogens with one attached hydrogen (secondary N) is 3. The number of aromatic hydroxyl groups is 1. The predicted molar refractivity (Wildman–Crippen MR) is 128 cm³/mol. The third kappa shape index (κ3) is 9.88. The summed E-state index contributed by atoms with van der Waals surface area (Å²) in [4.78, 5) is 61.0. The number of phenols is 1. The van der Waals surface area contributed by atoms with Gasteiger partial charge < -0.3 is 42.7 Å². The van der Waals surface area contributed by atoms with E-state index in [0.717, 1.165) is 0 Å². The normalized spacial score (nSPS) is 15.0. The molecular formula is C23H35N5O8. The second-order valence-electron chi connectivity index (χ2n) is 8.49. The van der Waals surface area contributed by atoms with Gasteiger partial charge in [-0.25, -0.2) is 4.79 Å². The van der Waals surface area contributed by atoms with E-state index in [0.29, 0.717) is 12.0 Å². The minimum atomic E-state index is -1.63. The number of carbonyl (C=O) groups excluding carboxylic acids is 4. The van der Waals surface area contributed by atoms with Crippen LogP contribution in [0.1, 0.15) is 38.7 Å². The Kier molecular flexibility index (Phi) is 12.3. The standard InChI is InChI=1S/C23H35N5O8/c1-3-12(2)19(25)22(34)27-16(10-13-4-6-14(30)7-5-13)21(33)26-15(8-9-18(24)31)20(32)28-17(11-29)23(35)36/h4-7,12,15-17,19,29-30H,3,8-11,25H2,1-2H3,(H2,24,31)(H,26,33)(H,27,34)(H,28,32)(H,35,36). The van der Waals surface area contributed by atoms with E-state index in [2.05, 4.69) is 16.0 Å². The van der Waals surface area contributed by atoms with Gasteiger partial charge in [0.2, 0.25) is 23.6 Å². The van der Waals surface area contributed by atoms with Gasteiger partial charge in [0, 0.05) is 12.8 Å². The largest absolute Gasteiger partial charge is 0.508 e. The van der Waals surface area contributed by atoms with Crippen LogP contribution in [-0.2, 0) is 30.4 Å². The summed E-state index contributed by atoms with van der Waals surface area (Å²) in [5.74, 6) is -4.78. The van der Waals surface area contributed by atoms with E-state index >= 15 is 0 Å². The van der Waals surface area contributed by atoms with E-state index in [1.807, 2.05) is 6.92 Å². The number of aliphatic carboxylic acids is 1. The Hall–Kier alpha value is -3.71. The van der Waals surface area contributed by atoms with E-state index in [1.54, 1.807) is 19.1 Å². The van der Waals surface area contributed by atoms with Crippen molar-refractivity contribution in [3.63, 3.8) is 0 Å². The lowest BCUT2D eigenvalue weighted by molar-refractivity contribution is -0.143. The number of aliphatic hydroxyl groups is 1. The Bertz CT molecular complexity index is 924. The second-order valence-corrected chi connectivity index (χ2v) is 8.49. The number of carboxylic acid groups (broad SMARTS) is 1. The maximum Gasteiger partial charge on any atom is 0.328 e. The molecule has 0 radical (unpaired) electrons. The summed E-state index contributed by atoms with van der Waals surface area (Å²) in [5.41, 5.74) is 11.7. The summed E-state index contributed by atoms with van der Waals surface area (Å²) in [7, 11) is 0. The van der Waals surface area contributed by atoms with Crippen LogP contribution >= 0.6 is 0 Å². The molecule has 36 heavy (non-hydrogen) atoms. The summed E-state index contributed by atoms with van der Waals surface area (Å²) >= 11 is 0. The maximum absolute atomic E-state index is 13.2. The lowest BCUT2D eigenvalue weighted by atomic mass is 9.98. The van der Waals surface area contributed by atoms with Gasteiger partial charge in [-0.05, 0) is 30.0 Å². The number of primary amides is 1. The Morgan fingerprint density at radius 3 is 1.94 bits per heavy atom. The number of aliphatic hydroxyl groups excluding tert-OH is 1. The molecule has 0 bridgehead atoms. The van der Waals surface area contributed by atoms with Gasteiger partial charge in [0.15, 0.2) is 0 Å². The molecule has 0 aliphatic rings. The lowest BCUT2D eigenvalue weighted by Crippen LogP contribution is -2.58. The second kappa shape index (κ2) is 14.6. The van der Waals surface area contributed by atoms with E-state index in [9.17, 15) is 34.2 Å². The fourth-order valence-electron chi connectivity index (χ4n) is 3.14. The van der Waals surface area contributed by atoms with Crippen LogP contribution in [0.3, 0.4) is 0 Å². The number of nitrogens with two attached hydrogens (primary N) is 2. The summed E-state index contributed by atoms with van der Waals surface area (Å²) in [6.07, 6.45) is 0.0397. The molecular weight excluding hydrogens is 474 g/mol. The van der Waals surface area contributed by atoms with Crippen molar-refractivity contribution in [3.05, 3.63) is 29.8 Å². The summed E-state index contributed by atoms with van der Waals surface area (Å²) in [5, 5.41) is 34.9. The van der Waals surface area contributed by atoms with Crippen LogP contribution in [0, 0.1) is 5.92 Å². The molecule has 0 fully saturated rings. The van der Waals surface area contributed by atoms with Crippen molar-refractivity contribution in [1.29, 1.82) is 0 Å². The Labute approximate surface area is 208 Å². The maximum atomic E-state index is 13.2. The van der Waals surface area contributed by atoms with Crippen molar-refractivity contribution in [2.45, 2.75) is 63.7 Å². The van der Waals surface area contributed by atoms with Gasteiger partial charge in [0.25, 0.3) is 0 Å². The van der Waals surface area contributed by atoms with Crippen molar-refractivity contribution in [2.24, 2.45) is 17.4 Å². The minimum Gasteiger partial charge on any atom is -0.508 e. The number of rotatable bonds is 15. The topological polar surface area (TPSA) is 234 Å². The van der Waals surface area contributed by atoms with Crippen LogP contribution in [0.5, 0.6) is 5.75 Å². The lowest BCUT2D eigenvalue weighted by Gasteiger charge is -2.26. The van der Waals surface area contributed by atoms with E-state index in [4.69, 9.17) is 16.6 Å². The van der Waals surface area contributed by atoms with Crippen molar-refractivity contribution in [1.82, 2.24) is 16.0 Å². The van der Waals surface area contributed by atoms with Crippen LogP contribution < -0.4 is 27.4 Å². The third-order valence-corrected chi connectivity index (χ3v) is 5.68. The predicted octanol–water partition coefficient (Wildman–Crippen LogP) is -1.90. The highest BCUT2D eigenvalue weighted by Gasteiger charge is 2.31. The summed E-state index contributed by atoms with van der Waals surface area (Å²) in [6, 6.07) is 0.780. The molecule has 0 aliphatic carbocycles. The number of benzene rings is 1. The van der Waals surface area contributed by atoms with Gasteiger partial charge in [0.1, 0.15) is 23.9 Å². The zero-order valence-electron chi connectivity index (χ0n) is 20.3. The molecule has 1 rings (SSSR count). The molecule has 200 valence electrons. The molecule has 10 N–H and O–H groups in total. The van der Waals surface area contributed by atoms with Gasteiger partial charge >= 0.3 is 5.97 Å². The average Bonchev–Trinajstić information content (AvgIpc) is 2.84. The van der Waals surface area contributed by atoms with Crippen molar-refractivity contribution < 1.29 is 39.3 Å². The minimum absolute atomic E-state index is 0.00244. The number of hydrogen-bond acceptors (Lipinski definition) is 8. The number of hydrogen-bond donors (Lipinski definition) is 8. The Morgan fingerprint density at radius 1 is 0.917 bits per heavy atom. The first-order chi connectivity index (χ1) is 16.9. The van der Waals surface area contributed by atoms with E-state index in [1.165, 1.54) is 12.1 Å². The van der Waals surface area contributed by atoms with Crippen LogP contribution in [0.2, 0.25) is 0 Å². The van der Waals surface area contributed by atoms with Crippen LogP contribution in [0.25, 0.3) is 0 Å². The molecule has 5 atom stereocenters. The molecule has 5 unspecified atom stereocenters. The Morgan fingerprint density at radius 2 is 1.44 bits per heavy atom. The van der Waals surface area contributed by atoms with Crippen molar-refractivity contribution in [2.75, 3.05) is 6.61 Å². The quantitative estimate of drug-likeness (QED) is 0.132. The highest BCUT2D eigenvalue weighted by Crippen LogP contribution is 2.13. The first-order valence-corrected chi connectivity index (χ1v) is 11.5. The summed E-state index contributed by atoms with van der Waals surface area (Å²) in [6.45, 7) is 2.74. The van der Waals surface area contributed by atoms with Crippen LogP contribution in [0.4, 0.5) is 0 Å². The molecule has 1 aromatic rings. The monoisotopic (exact) mass is 509 g/mol. The van der Waals surface area contributed by atoms with Crippen LogP contribution in [0.15, 0.2) is 24.3 Å². The SMILES string of the molecule is CCC(C)C(N)C(=O)NC(Cc1ccc(O)cc1)C(=O)NC(CCC(N)=O)C(=O)NC(CO)C(=O)O. The molecule has 0 spiro atoms. The summed E-state index contributed by atoms with van der Waals surface area (Å²) < 4.78 is 0. The first-order valence-electron chi connectivity index (χ1n) is 11.5. The van der Waals surface area contributed by atoms with Gasteiger partial charge in [-0.15, -0.1) is 0 Å². The fraction of sp³-hybridized carbons (Fsp3) is 0.522. The van der Waals surface area contributed by atoms with Gasteiger partial charge in [0.05, 0.1) is 12.6 Å². The molecule has 0 heterocycles. The number of carbonyl (C=O) groups is 5. The average molecular weight is 510 g/mol. The van der Waals surface area contributed by atoms with Gasteiger partial charge in [-0.1, -0.05) is 32.4 Å². The Balaban J connectivity index is 3.16. The smallest absolute Gasteiger partial charge is 0.328 e. The molecule has 0 aliphatic heterocycles. The molecule has 0 saturated heterocycles. The molecule has 0 saturated carbocycles. The van der Waals surface area contributed by atoms with E-state index < -0.39 is 60.4 Å². The zero-order valence-corrected chi connectivity index (χ0v) is 20.3.